The van der Waals surface area contributed by atoms with Gasteiger partial charge >= 0.3 is 6.18 Å². The van der Waals surface area contributed by atoms with Crippen LogP contribution in [0.2, 0.25) is 0 Å². The molecule has 1 aliphatic heterocycles. The van der Waals surface area contributed by atoms with Crippen LogP contribution in [0.25, 0.3) is 0 Å². The Morgan fingerprint density at radius 2 is 1.77 bits per heavy atom. The predicted octanol–water partition coefficient (Wildman–Crippen LogP) is 3.99. The Hall–Kier alpha value is -2.01. The Morgan fingerprint density at radius 3 is 2.41 bits per heavy atom. The number of aromatic hydroxyl groups is 1. The van der Waals surface area contributed by atoms with Gasteiger partial charge in [0.15, 0.2) is 0 Å². The normalized spacial score (nSPS) is 19.0. The minimum Gasteiger partial charge on any atom is -0.508 e. The SMILES string of the molecule is CN1Cc2cc(O)ccc2C(c2ccc(C(F)(F)F)cc2)C1. The summed E-state index contributed by atoms with van der Waals surface area (Å²) in [5.41, 5.74) is 2.30. The predicted molar refractivity (Wildman–Crippen MR) is 77.7 cm³/mol. The van der Waals surface area contributed by atoms with Gasteiger partial charge in [0.25, 0.3) is 0 Å². The second-order valence-corrected chi connectivity index (χ2v) is 5.75. The van der Waals surface area contributed by atoms with Crippen molar-refractivity contribution in [3.63, 3.8) is 0 Å². The van der Waals surface area contributed by atoms with Crippen molar-refractivity contribution in [1.82, 2.24) is 4.90 Å². The average Bonchev–Trinajstić information content (AvgIpc) is 2.45. The molecule has 1 atom stereocenters. The van der Waals surface area contributed by atoms with Crippen molar-refractivity contribution in [3.8, 4) is 5.75 Å². The van der Waals surface area contributed by atoms with Crippen molar-refractivity contribution in [3.05, 3.63) is 64.7 Å². The summed E-state index contributed by atoms with van der Waals surface area (Å²) in [6.07, 6.45) is -4.31. The van der Waals surface area contributed by atoms with Crippen LogP contribution in [-0.2, 0) is 12.7 Å². The summed E-state index contributed by atoms with van der Waals surface area (Å²) >= 11 is 0. The van der Waals surface area contributed by atoms with Crippen LogP contribution >= 0.6 is 0 Å². The maximum absolute atomic E-state index is 12.7. The van der Waals surface area contributed by atoms with Crippen molar-refractivity contribution in [2.75, 3.05) is 13.6 Å². The smallest absolute Gasteiger partial charge is 0.416 e. The molecule has 0 bridgehead atoms. The van der Waals surface area contributed by atoms with Gasteiger partial charge in [0, 0.05) is 19.0 Å². The lowest BCUT2D eigenvalue weighted by Gasteiger charge is -2.32. The molecular formula is C17H16F3NO. The molecule has 0 aromatic heterocycles. The van der Waals surface area contributed by atoms with Crippen LogP contribution in [0.3, 0.4) is 0 Å². The highest BCUT2D eigenvalue weighted by Crippen LogP contribution is 2.36. The summed E-state index contributed by atoms with van der Waals surface area (Å²) in [6.45, 7) is 1.46. The van der Waals surface area contributed by atoms with E-state index in [9.17, 15) is 18.3 Å². The number of fused-ring (bicyclic) bond motifs is 1. The van der Waals surface area contributed by atoms with Gasteiger partial charge in [-0.05, 0) is 48.0 Å². The molecule has 5 heteroatoms. The molecule has 1 aliphatic rings. The van der Waals surface area contributed by atoms with Crippen molar-refractivity contribution in [2.45, 2.75) is 18.6 Å². The molecule has 2 nitrogen and oxygen atoms in total. The fourth-order valence-corrected chi connectivity index (χ4v) is 3.02. The number of rotatable bonds is 1. The van der Waals surface area contributed by atoms with E-state index in [1.807, 2.05) is 13.1 Å². The molecule has 3 rings (SSSR count). The van der Waals surface area contributed by atoms with Gasteiger partial charge in [-0.15, -0.1) is 0 Å². The molecule has 0 saturated heterocycles. The number of hydrogen-bond acceptors (Lipinski definition) is 2. The highest BCUT2D eigenvalue weighted by Gasteiger charge is 2.31. The molecule has 1 N–H and O–H groups in total. The first kappa shape index (κ1) is 14.9. The lowest BCUT2D eigenvalue weighted by Crippen LogP contribution is -2.30. The molecule has 0 spiro atoms. The summed E-state index contributed by atoms with van der Waals surface area (Å²) in [7, 11) is 1.96. The number of likely N-dealkylation sites (N-methyl/N-ethyl adjacent to an activating group) is 1. The quantitative estimate of drug-likeness (QED) is 0.861. The molecule has 22 heavy (non-hydrogen) atoms. The molecule has 0 fully saturated rings. The van der Waals surface area contributed by atoms with E-state index in [0.717, 1.165) is 41.9 Å². The molecule has 1 heterocycles. The minimum absolute atomic E-state index is 0.0108. The lowest BCUT2D eigenvalue weighted by atomic mass is 9.84. The first-order valence-electron chi connectivity index (χ1n) is 7.02. The Morgan fingerprint density at radius 1 is 1.09 bits per heavy atom. The van der Waals surface area contributed by atoms with E-state index in [1.54, 1.807) is 24.3 Å². The zero-order valence-corrected chi connectivity index (χ0v) is 12.1. The number of hydrogen-bond donors (Lipinski definition) is 1. The Bertz CT molecular complexity index is 679. The summed E-state index contributed by atoms with van der Waals surface area (Å²) < 4.78 is 38.0. The van der Waals surface area contributed by atoms with Crippen molar-refractivity contribution >= 4 is 0 Å². The average molecular weight is 307 g/mol. The van der Waals surface area contributed by atoms with Gasteiger partial charge in [-0.25, -0.2) is 0 Å². The Labute approximate surface area is 126 Å². The number of phenols is 1. The summed E-state index contributed by atoms with van der Waals surface area (Å²) in [6, 6.07) is 10.6. The molecular weight excluding hydrogens is 291 g/mol. The lowest BCUT2D eigenvalue weighted by molar-refractivity contribution is -0.137. The zero-order valence-electron chi connectivity index (χ0n) is 12.1. The second-order valence-electron chi connectivity index (χ2n) is 5.75. The summed E-state index contributed by atoms with van der Waals surface area (Å²) in [4.78, 5) is 2.10. The van der Waals surface area contributed by atoms with Crippen LogP contribution < -0.4 is 0 Å². The maximum Gasteiger partial charge on any atom is 0.416 e. The van der Waals surface area contributed by atoms with Crippen LogP contribution in [0.15, 0.2) is 42.5 Å². The minimum atomic E-state index is -4.31. The van der Waals surface area contributed by atoms with Gasteiger partial charge < -0.3 is 10.0 Å². The summed E-state index contributed by atoms with van der Waals surface area (Å²) in [5.74, 6) is 0.219. The van der Waals surface area contributed by atoms with Gasteiger partial charge in [-0.1, -0.05) is 18.2 Å². The van der Waals surface area contributed by atoms with Crippen molar-refractivity contribution in [1.29, 1.82) is 0 Å². The van der Waals surface area contributed by atoms with Crippen LogP contribution in [0.5, 0.6) is 5.75 Å². The Balaban J connectivity index is 1.98. The van der Waals surface area contributed by atoms with Crippen LogP contribution in [0.4, 0.5) is 13.2 Å². The topological polar surface area (TPSA) is 23.5 Å². The van der Waals surface area contributed by atoms with Gasteiger partial charge in [0.1, 0.15) is 5.75 Å². The highest BCUT2D eigenvalue weighted by molar-refractivity contribution is 5.44. The monoisotopic (exact) mass is 307 g/mol. The number of phenolic OH excluding ortho intramolecular Hbond substituents is 1. The standard InChI is InChI=1S/C17H16F3NO/c1-21-9-12-8-14(22)6-7-15(12)16(10-21)11-2-4-13(5-3-11)17(18,19)20/h2-8,16,22H,9-10H2,1H3. The zero-order chi connectivity index (χ0) is 15.9. The van der Waals surface area contributed by atoms with Crippen LogP contribution in [0, 0.1) is 0 Å². The number of halogens is 3. The first-order chi connectivity index (χ1) is 10.3. The fraction of sp³-hybridized carbons (Fsp3) is 0.294. The van der Waals surface area contributed by atoms with E-state index >= 15 is 0 Å². The second kappa shape index (κ2) is 5.32. The van der Waals surface area contributed by atoms with Gasteiger partial charge in [-0.2, -0.15) is 13.2 Å². The largest absolute Gasteiger partial charge is 0.508 e. The first-order valence-corrected chi connectivity index (χ1v) is 7.02. The molecule has 116 valence electrons. The summed E-state index contributed by atoms with van der Waals surface area (Å²) in [5, 5.41) is 9.61. The number of benzene rings is 2. The van der Waals surface area contributed by atoms with Crippen molar-refractivity contribution in [2.24, 2.45) is 0 Å². The van der Waals surface area contributed by atoms with Crippen molar-refractivity contribution < 1.29 is 18.3 Å². The fourth-order valence-electron chi connectivity index (χ4n) is 3.02. The Kier molecular flexibility index (Phi) is 3.60. The molecule has 1 unspecified atom stereocenters. The third kappa shape index (κ3) is 2.81. The van der Waals surface area contributed by atoms with Crippen LogP contribution in [-0.4, -0.2) is 23.6 Å². The molecule has 0 radical (unpaired) electrons. The van der Waals surface area contributed by atoms with E-state index in [4.69, 9.17) is 0 Å². The van der Waals surface area contributed by atoms with E-state index < -0.39 is 11.7 Å². The molecule has 2 aromatic rings. The molecule has 2 aromatic carbocycles. The van der Waals surface area contributed by atoms with Gasteiger partial charge in [-0.3, -0.25) is 0 Å². The van der Waals surface area contributed by atoms with E-state index in [1.165, 1.54) is 0 Å². The highest BCUT2D eigenvalue weighted by atomic mass is 19.4. The number of nitrogens with zero attached hydrogens (tertiary/aromatic N) is 1. The molecule has 0 saturated carbocycles. The van der Waals surface area contributed by atoms with E-state index in [2.05, 4.69) is 4.90 Å². The van der Waals surface area contributed by atoms with Gasteiger partial charge in [0.05, 0.1) is 5.56 Å². The molecule has 0 amide bonds. The third-order valence-corrected chi connectivity index (χ3v) is 4.08. The van der Waals surface area contributed by atoms with E-state index in [-0.39, 0.29) is 11.7 Å². The third-order valence-electron chi connectivity index (χ3n) is 4.08. The number of alkyl halides is 3. The van der Waals surface area contributed by atoms with Crippen LogP contribution in [0.1, 0.15) is 28.2 Å². The van der Waals surface area contributed by atoms with Gasteiger partial charge in [0.2, 0.25) is 0 Å². The maximum atomic E-state index is 12.7. The molecule has 0 aliphatic carbocycles. The van der Waals surface area contributed by atoms with E-state index in [0.29, 0.717) is 0 Å².